The second-order valence-electron chi connectivity index (χ2n) is 6.96. The van der Waals surface area contributed by atoms with Crippen LogP contribution in [0.4, 0.5) is 0 Å². The molecule has 0 saturated carbocycles. The molecule has 2 fully saturated rings. The van der Waals surface area contributed by atoms with Crippen LogP contribution < -0.4 is 10.1 Å². The molecule has 0 aliphatic carbocycles. The number of amides is 1. The molecular formula is C17H22BNO6. The van der Waals surface area contributed by atoms with Gasteiger partial charge in [0.1, 0.15) is 12.0 Å². The zero-order valence-corrected chi connectivity index (χ0v) is 13.8. The van der Waals surface area contributed by atoms with Crippen molar-refractivity contribution in [3.05, 3.63) is 29.8 Å². The number of carbonyl (C=O) groups excluding carboxylic acids is 1. The smallest absolute Gasteiger partial charge is 0.493 e. The number of rotatable bonds is 6. The Balaban J connectivity index is 1.41. The van der Waals surface area contributed by atoms with E-state index in [9.17, 15) is 14.8 Å². The Morgan fingerprint density at radius 2 is 2.20 bits per heavy atom. The first-order chi connectivity index (χ1) is 12.1. The maximum Gasteiger partial charge on any atom is 0.635 e. The van der Waals surface area contributed by atoms with Crippen LogP contribution in [0.1, 0.15) is 37.2 Å². The van der Waals surface area contributed by atoms with Crippen molar-refractivity contribution in [1.82, 2.24) is 5.32 Å². The SMILES string of the molecule is O=C(N[C@H](C[C@@H]1COc2ccccc21)OB(O)O)[C@H]1C[C@H]2CC[C@@H]1O2. The Hall–Kier alpha value is -1.61. The highest BCUT2D eigenvalue weighted by molar-refractivity contribution is 6.32. The summed E-state index contributed by atoms with van der Waals surface area (Å²) >= 11 is 0. The lowest BCUT2D eigenvalue weighted by Gasteiger charge is -2.25. The molecule has 3 aliphatic rings. The molecule has 0 aromatic heterocycles. The molecule has 4 rings (SSSR count). The van der Waals surface area contributed by atoms with Gasteiger partial charge in [-0.3, -0.25) is 4.79 Å². The van der Waals surface area contributed by atoms with E-state index < -0.39 is 13.5 Å². The number of benzene rings is 1. The zero-order valence-electron chi connectivity index (χ0n) is 13.8. The molecule has 2 saturated heterocycles. The van der Waals surface area contributed by atoms with E-state index in [1.54, 1.807) is 0 Å². The predicted octanol–water partition coefficient (Wildman–Crippen LogP) is 0.549. The van der Waals surface area contributed by atoms with Gasteiger partial charge in [0.05, 0.1) is 24.7 Å². The maximum absolute atomic E-state index is 12.6. The molecule has 5 atom stereocenters. The highest BCUT2D eigenvalue weighted by Crippen LogP contribution is 2.39. The molecule has 25 heavy (non-hydrogen) atoms. The Morgan fingerprint density at radius 3 is 2.92 bits per heavy atom. The minimum absolute atomic E-state index is 0.0246. The summed E-state index contributed by atoms with van der Waals surface area (Å²) in [7, 11) is -1.95. The van der Waals surface area contributed by atoms with Gasteiger partial charge < -0.3 is 29.5 Å². The molecule has 3 N–H and O–H groups in total. The van der Waals surface area contributed by atoms with Gasteiger partial charge in [0.2, 0.25) is 5.91 Å². The molecule has 3 heterocycles. The largest absolute Gasteiger partial charge is 0.635 e. The second kappa shape index (κ2) is 6.95. The lowest BCUT2D eigenvalue weighted by atomic mass is 9.88. The van der Waals surface area contributed by atoms with E-state index in [1.807, 2.05) is 24.3 Å². The fourth-order valence-electron chi connectivity index (χ4n) is 4.16. The number of hydrogen-bond acceptors (Lipinski definition) is 6. The second-order valence-corrected chi connectivity index (χ2v) is 6.96. The van der Waals surface area contributed by atoms with Crippen molar-refractivity contribution in [2.45, 2.75) is 50.0 Å². The van der Waals surface area contributed by atoms with E-state index in [0.29, 0.717) is 13.0 Å². The van der Waals surface area contributed by atoms with Gasteiger partial charge in [-0.15, -0.1) is 0 Å². The zero-order chi connectivity index (χ0) is 17.4. The van der Waals surface area contributed by atoms with Crippen LogP contribution in [0.25, 0.3) is 0 Å². The topological polar surface area (TPSA) is 97.3 Å². The molecule has 0 spiro atoms. The summed E-state index contributed by atoms with van der Waals surface area (Å²) in [6.45, 7) is 0.480. The lowest BCUT2D eigenvalue weighted by molar-refractivity contribution is -0.129. The third kappa shape index (κ3) is 3.53. The van der Waals surface area contributed by atoms with E-state index in [-0.39, 0.29) is 30.0 Å². The average Bonchev–Trinajstić information content (AvgIpc) is 3.30. The summed E-state index contributed by atoms with van der Waals surface area (Å²) in [5, 5.41) is 21.2. The first kappa shape index (κ1) is 16.8. The molecule has 3 aliphatic heterocycles. The fourth-order valence-corrected chi connectivity index (χ4v) is 4.16. The molecule has 1 aromatic rings. The first-order valence-corrected chi connectivity index (χ1v) is 8.79. The van der Waals surface area contributed by atoms with E-state index in [4.69, 9.17) is 14.1 Å². The third-order valence-electron chi connectivity index (χ3n) is 5.33. The van der Waals surface area contributed by atoms with Crippen LogP contribution in [-0.2, 0) is 14.2 Å². The van der Waals surface area contributed by atoms with Crippen molar-refractivity contribution in [3.8, 4) is 5.75 Å². The van der Waals surface area contributed by atoms with E-state index in [0.717, 1.165) is 30.6 Å². The Morgan fingerprint density at radius 1 is 1.36 bits per heavy atom. The van der Waals surface area contributed by atoms with Crippen LogP contribution in [0.15, 0.2) is 24.3 Å². The number of fused-ring (bicyclic) bond motifs is 3. The van der Waals surface area contributed by atoms with Crippen LogP contribution in [0, 0.1) is 5.92 Å². The van der Waals surface area contributed by atoms with Crippen molar-refractivity contribution in [3.63, 3.8) is 0 Å². The summed E-state index contributed by atoms with van der Waals surface area (Å²) in [6.07, 6.45) is 2.40. The van der Waals surface area contributed by atoms with Crippen molar-refractivity contribution in [1.29, 1.82) is 0 Å². The predicted molar refractivity (Wildman–Crippen MR) is 88.5 cm³/mol. The highest BCUT2D eigenvalue weighted by atomic mass is 16.6. The fraction of sp³-hybridized carbons (Fsp3) is 0.588. The van der Waals surface area contributed by atoms with Gasteiger partial charge in [0, 0.05) is 17.9 Å². The number of para-hydroxylation sites is 1. The molecule has 1 amide bonds. The van der Waals surface area contributed by atoms with Crippen molar-refractivity contribution in [2.75, 3.05) is 6.61 Å². The molecule has 1 aromatic carbocycles. The minimum Gasteiger partial charge on any atom is -0.493 e. The van der Waals surface area contributed by atoms with Gasteiger partial charge >= 0.3 is 7.32 Å². The number of carbonyl (C=O) groups is 1. The number of hydrogen-bond donors (Lipinski definition) is 3. The van der Waals surface area contributed by atoms with Gasteiger partial charge in [-0.05, 0) is 25.3 Å². The normalized spacial score (nSPS) is 30.6. The van der Waals surface area contributed by atoms with Crippen LogP contribution in [-0.4, -0.2) is 48.3 Å². The van der Waals surface area contributed by atoms with Crippen molar-refractivity contribution >= 4 is 13.2 Å². The Kier molecular flexibility index (Phi) is 4.68. The molecule has 0 unspecified atom stereocenters. The standard InChI is InChI=1S/C17H22BNO6/c20-17(13-8-11-5-6-15(13)24-11)19-16(25-18(21)22)7-10-9-23-14-4-2-1-3-12(10)14/h1-4,10-11,13,15-16,21-22H,5-9H2,(H,19,20)/t10-,11-,13+,15+,16+/m1/s1. The van der Waals surface area contributed by atoms with Gasteiger partial charge in [0.25, 0.3) is 0 Å². The van der Waals surface area contributed by atoms with Crippen LogP contribution in [0.3, 0.4) is 0 Å². The monoisotopic (exact) mass is 347 g/mol. The summed E-state index contributed by atoms with van der Waals surface area (Å²) in [5.41, 5.74) is 1.04. The van der Waals surface area contributed by atoms with Crippen molar-refractivity contribution in [2.24, 2.45) is 5.92 Å². The van der Waals surface area contributed by atoms with E-state index >= 15 is 0 Å². The van der Waals surface area contributed by atoms with E-state index in [2.05, 4.69) is 5.32 Å². The first-order valence-electron chi connectivity index (χ1n) is 8.79. The average molecular weight is 347 g/mol. The number of nitrogens with one attached hydrogen (secondary N) is 1. The third-order valence-corrected chi connectivity index (χ3v) is 5.33. The molecule has 2 bridgehead atoms. The summed E-state index contributed by atoms with van der Waals surface area (Å²) in [5.74, 6) is 0.512. The summed E-state index contributed by atoms with van der Waals surface area (Å²) in [4.78, 5) is 12.6. The van der Waals surface area contributed by atoms with Crippen LogP contribution >= 0.6 is 0 Å². The number of ether oxygens (including phenoxy) is 2. The van der Waals surface area contributed by atoms with Gasteiger partial charge in [-0.2, -0.15) is 0 Å². The molecular weight excluding hydrogens is 325 g/mol. The minimum atomic E-state index is -1.95. The van der Waals surface area contributed by atoms with E-state index in [1.165, 1.54) is 0 Å². The van der Waals surface area contributed by atoms with Gasteiger partial charge in [-0.1, -0.05) is 18.2 Å². The molecule has 134 valence electrons. The Labute approximate surface area is 146 Å². The molecule has 0 radical (unpaired) electrons. The quantitative estimate of drug-likeness (QED) is 0.514. The molecule has 7 nitrogen and oxygen atoms in total. The molecule has 8 heteroatoms. The maximum atomic E-state index is 12.6. The Bertz CT molecular complexity index is 641. The summed E-state index contributed by atoms with van der Waals surface area (Å²) in [6, 6.07) is 7.72. The highest BCUT2D eigenvalue weighted by Gasteiger charge is 2.45. The van der Waals surface area contributed by atoms with Crippen LogP contribution in [0.5, 0.6) is 5.75 Å². The van der Waals surface area contributed by atoms with Crippen LogP contribution in [0.2, 0.25) is 0 Å². The van der Waals surface area contributed by atoms with Crippen molar-refractivity contribution < 1.29 is 29.0 Å². The lowest BCUT2D eigenvalue weighted by Crippen LogP contribution is -2.46. The van der Waals surface area contributed by atoms with Gasteiger partial charge in [-0.25, -0.2) is 0 Å². The van der Waals surface area contributed by atoms with Gasteiger partial charge in [0.15, 0.2) is 0 Å². The summed E-state index contributed by atoms with van der Waals surface area (Å²) < 4.78 is 16.5.